The van der Waals surface area contributed by atoms with E-state index in [9.17, 15) is 14.9 Å². The minimum Gasteiger partial charge on any atom is -0.380 e. The number of hydrogen-bond acceptors (Lipinski definition) is 5. The van der Waals surface area contributed by atoms with Crippen LogP contribution in [0.4, 0.5) is 11.4 Å². The van der Waals surface area contributed by atoms with Crippen molar-refractivity contribution in [2.75, 3.05) is 31.6 Å². The zero-order valence-corrected chi connectivity index (χ0v) is 11.6. The summed E-state index contributed by atoms with van der Waals surface area (Å²) in [6, 6.07) is 4.25. The van der Waals surface area contributed by atoms with Gasteiger partial charge in [0, 0.05) is 31.3 Å². The molecular formula is C13H19N3O4. The fourth-order valence-corrected chi connectivity index (χ4v) is 1.65. The van der Waals surface area contributed by atoms with Crippen molar-refractivity contribution in [2.24, 2.45) is 0 Å². The van der Waals surface area contributed by atoms with E-state index in [0.29, 0.717) is 37.6 Å². The summed E-state index contributed by atoms with van der Waals surface area (Å²) in [4.78, 5) is 22.3. The first-order valence-corrected chi connectivity index (χ1v) is 6.48. The predicted octanol–water partition coefficient (Wildman–Crippen LogP) is 1.79. The van der Waals surface area contributed by atoms with E-state index in [1.165, 1.54) is 18.2 Å². The first-order chi connectivity index (χ1) is 9.60. The van der Waals surface area contributed by atoms with Crippen molar-refractivity contribution in [1.82, 2.24) is 5.32 Å². The van der Waals surface area contributed by atoms with Crippen LogP contribution in [0.1, 0.15) is 24.2 Å². The maximum Gasteiger partial charge on any atom is 0.292 e. The van der Waals surface area contributed by atoms with E-state index in [1.54, 1.807) is 0 Å². The number of carbonyl (C=O) groups is 1. The summed E-state index contributed by atoms with van der Waals surface area (Å²) in [6.45, 7) is 5.68. The number of hydrogen-bond donors (Lipinski definition) is 2. The van der Waals surface area contributed by atoms with Crippen LogP contribution in [0.5, 0.6) is 0 Å². The third kappa shape index (κ3) is 4.51. The molecule has 0 saturated heterocycles. The Bertz CT molecular complexity index is 477. The van der Waals surface area contributed by atoms with Gasteiger partial charge in [0.1, 0.15) is 5.69 Å². The average molecular weight is 281 g/mol. The topological polar surface area (TPSA) is 93.5 Å². The van der Waals surface area contributed by atoms with Gasteiger partial charge in [-0.15, -0.1) is 0 Å². The van der Waals surface area contributed by atoms with Crippen LogP contribution in [0.25, 0.3) is 0 Å². The second-order valence-electron chi connectivity index (χ2n) is 3.97. The first-order valence-electron chi connectivity index (χ1n) is 6.48. The van der Waals surface area contributed by atoms with Gasteiger partial charge in [-0.2, -0.15) is 0 Å². The maximum atomic E-state index is 11.9. The molecule has 0 unspecified atom stereocenters. The van der Waals surface area contributed by atoms with Crippen molar-refractivity contribution in [3.63, 3.8) is 0 Å². The summed E-state index contributed by atoms with van der Waals surface area (Å²) < 4.78 is 5.12. The first kappa shape index (κ1) is 15.9. The van der Waals surface area contributed by atoms with E-state index >= 15 is 0 Å². The minimum absolute atomic E-state index is 0.0438. The van der Waals surface area contributed by atoms with Gasteiger partial charge < -0.3 is 15.4 Å². The summed E-state index contributed by atoms with van der Waals surface area (Å²) in [6.07, 6.45) is 0. The van der Waals surface area contributed by atoms with Gasteiger partial charge in [-0.3, -0.25) is 14.9 Å². The predicted molar refractivity (Wildman–Crippen MR) is 76.1 cm³/mol. The second kappa shape index (κ2) is 8.11. The lowest BCUT2D eigenvalue weighted by atomic mass is 10.1. The number of anilines is 1. The van der Waals surface area contributed by atoms with Crippen LogP contribution in [0, 0.1) is 10.1 Å². The Morgan fingerprint density at radius 1 is 1.40 bits per heavy atom. The van der Waals surface area contributed by atoms with Crippen molar-refractivity contribution in [1.29, 1.82) is 0 Å². The van der Waals surface area contributed by atoms with Crippen molar-refractivity contribution < 1.29 is 14.5 Å². The third-order valence-corrected chi connectivity index (χ3v) is 2.56. The van der Waals surface area contributed by atoms with Crippen LogP contribution in [0.2, 0.25) is 0 Å². The molecule has 1 aromatic rings. The monoisotopic (exact) mass is 281 g/mol. The van der Waals surface area contributed by atoms with Crippen LogP contribution in [-0.4, -0.2) is 37.1 Å². The highest BCUT2D eigenvalue weighted by Gasteiger charge is 2.16. The maximum absolute atomic E-state index is 11.9. The number of nitro benzene ring substituents is 1. The van der Waals surface area contributed by atoms with Crippen molar-refractivity contribution >= 4 is 17.3 Å². The van der Waals surface area contributed by atoms with Gasteiger partial charge in [-0.1, -0.05) is 0 Å². The Balaban J connectivity index is 2.77. The van der Waals surface area contributed by atoms with E-state index in [0.717, 1.165) is 0 Å². The summed E-state index contributed by atoms with van der Waals surface area (Å²) in [5, 5.41) is 16.4. The van der Waals surface area contributed by atoms with Gasteiger partial charge in [0.05, 0.1) is 11.5 Å². The zero-order valence-electron chi connectivity index (χ0n) is 11.6. The molecule has 0 saturated carbocycles. The van der Waals surface area contributed by atoms with Gasteiger partial charge in [-0.05, 0) is 26.0 Å². The number of benzene rings is 1. The number of nitrogens with one attached hydrogen (secondary N) is 2. The molecular weight excluding hydrogens is 262 g/mol. The molecule has 0 aliphatic carbocycles. The van der Waals surface area contributed by atoms with E-state index in [-0.39, 0.29) is 11.6 Å². The minimum atomic E-state index is -0.477. The molecule has 1 rings (SSSR count). The van der Waals surface area contributed by atoms with Crippen LogP contribution in [-0.2, 0) is 4.74 Å². The quantitative estimate of drug-likeness (QED) is 0.430. The molecule has 7 heteroatoms. The largest absolute Gasteiger partial charge is 0.380 e. The summed E-state index contributed by atoms with van der Waals surface area (Å²) in [5.74, 6) is -0.279. The van der Waals surface area contributed by atoms with Crippen LogP contribution >= 0.6 is 0 Å². The van der Waals surface area contributed by atoms with Crippen LogP contribution in [0.3, 0.4) is 0 Å². The lowest BCUT2D eigenvalue weighted by Crippen LogP contribution is -2.27. The highest BCUT2D eigenvalue weighted by atomic mass is 16.6. The van der Waals surface area contributed by atoms with Crippen molar-refractivity contribution in [3.8, 4) is 0 Å². The number of amides is 1. The number of ether oxygens (including phenoxy) is 1. The van der Waals surface area contributed by atoms with Crippen molar-refractivity contribution in [2.45, 2.75) is 13.8 Å². The van der Waals surface area contributed by atoms with Gasteiger partial charge in [0.2, 0.25) is 0 Å². The number of nitrogens with zero attached hydrogens (tertiary/aromatic N) is 1. The summed E-state index contributed by atoms with van der Waals surface area (Å²) >= 11 is 0. The molecule has 0 aliphatic rings. The Kier molecular flexibility index (Phi) is 6.45. The molecule has 0 fully saturated rings. The number of nitro groups is 1. The lowest BCUT2D eigenvalue weighted by Gasteiger charge is -2.08. The molecule has 7 nitrogen and oxygen atoms in total. The smallest absolute Gasteiger partial charge is 0.292 e. The second-order valence-corrected chi connectivity index (χ2v) is 3.97. The SMILES string of the molecule is CCNc1cc(C(=O)NCCOCC)ccc1[N+](=O)[O-]. The molecule has 2 N–H and O–H groups in total. The molecule has 1 aromatic carbocycles. The molecule has 0 radical (unpaired) electrons. The normalized spacial score (nSPS) is 10.1. The molecule has 0 spiro atoms. The lowest BCUT2D eigenvalue weighted by molar-refractivity contribution is -0.384. The Morgan fingerprint density at radius 2 is 2.15 bits per heavy atom. The molecule has 0 bridgehead atoms. The molecule has 0 aromatic heterocycles. The molecule has 0 atom stereocenters. The standard InChI is InChI=1S/C13H19N3O4/c1-3-14-11-9-10(5-6-12(11)16(18)19)13(17)15-7-8-20-4-2/h5-6,9,14H,3-4,7-8H2,1-2H3,(H,15,17). The van der Waals surface area contributed by atoms with Gasteiger partial charge in [0.25, 0.3) is 11.6 Å². The van der Waals surface area contributed by atoms with E-state index in [2.05, 4.69) is 10.6 Å². The average Bonchev–Trinajstić information content (AvgIpc) is 2.43. The molecule has 0 heterocycles. The fourth-order valence-electron chi connectivity index (χ4n) is 1.65. The fraction of sp³-hybridized carbons (Fsp3) is 0.462. The molecule has 1 amide bonds. The van der Waals surface area contributed by atoms with E-state index in [1.807, 2.05) is 13.8 Å². The Hall–Kier alpha value is -2.15. The molecule has 0 aliphatic heterocycles. The summed E-state index contributed by atoms with van der Waals surface area (Å²) in [7, 11) is 0. The molecule has 110 valence electrons. The highest BCUT2D eigenvalue weighted by molar-refractivity contribution is 5.95. The summed E-state index contributed by atoms with van der Waals surface area (Å²) in [5.41, 5.74) is 0.677. The van der Waals surface area contributed by atoms with Gasteiger partial charge in [-0.25, -0.2) is 0 Å². The van der Waals surface area contributed by atoms with Gasteiger partial charge in [0.15, 0.2) is 0 Å². The number of rotatable bonds is 8. The van der Waals surface area contributed by atoms with E-state index in [4.69, 9.17) is 4.74 Å². The number of carbonyl (C=O) groups excluding carboxylic acids is 1. The Morgan fingerprint density at radius 3 is 2.75 bits per heavy atom. The Labute approximate surface area is 117 Å². The van der Waals surface area contributed by atoms with Crippen LogP contribution in [0.15, 0.2) is 18.2 Å². The van der Waals surface area contributed by atoms with Gasteiger partial charge >= 0.3 is 0 Å². The molecule has 20 heavy (non-hydrogen) atoms. The highest BCUT2D eigenvalue weighted by Crippen LogP contribution is 2.25. The third-order valence-electron chi connectivity index (χ3n) is 2.56. The zero-order chi connectivity index (χ0) is 15.0. The van der Waals surface area contributed by atoms with Crippen molar-refractivity contribution in [3.05, 3.63) is 33.9 Å². The van der Waals surface area contributed by atoms with Crippen LogP contribution < -0.4 is 10.6 Å². The van der Waals surface area contributed by atoms with E-state index < -0.39 is 4.92 Å².